The van der Waals surface area contributed by atoms with Crippen molar-refractivity contribution in [3.05, 3.63) is 59.0 Å². The number of likely N-dealkylation sites (tertiary alicyclic amines) is 1. The smallest absolute Gasteiger partial charge is 0.255 e. The van der Waals surface area contributed by atoms with Crippen LogP contribution in [0.15, 0.2) is 41.0 Å². The lowest BCUT2D eigenvalue weighted by Gasteiger charge is -2.33. The predicted molar refractivity (Wildman–Crippen MR) is 94.8 cm³/mol. The molecule has 1 fully saturated rings. The molecule has 128 valence electrons. The van der Waals surface area contributed by atoms with Gasteiger partial charge >= 0.3 is 0 Å². The van der Waals surface area contributed by atoms with E-state index >= 15 is 0 Å². The maximum Gasteiger partial charge on any atom is 0.255 e. The molecule has 1 atom stereocenters. The summed E-state index contributed by atoms with van der Waals surface area (Å²) in [6, 6.07) is 10.9. The molecule has 3 rings (SSSR count). The highest BCUT2D eigenvalue weighted by Crippen LogP contribution is 2.19. The minimum Gasteiger partial charge on any atom is -0.469 e. The Morgan fingerprint density at radius 2 is 1.96 bits per heavy atom. The zero-order valence-corrected chi connectivity index (χ0v) is 14.5. The number of aryl methyl sites for hydroxylation is 1. The third-order valence-electron chi connectivity index (χ3n) is 4.91. The zero-order valence-electron chi connectivity index (χ0n) is 14.5. The second-order valence-corrected chi connectivity index (χ2v) is 6.70. The van der Waals surface area contributed by atoms with Gasteiger partial charge in [-0.2, -0.15) is 0 Å². The van der Waals surface area contributed by atoms with Crippen LogP contribution >= 0.6 is 0 Å². The molecule has 0 spiro atoms. The van der Waals surface area contributed by atoms with Crippen molar-refractivity contribution in [1.82, 2.24) is 10.2 Å². The summed E-state index contributed by atoms with van der Waals surface area (Å²) in [5.74, 6) is 0.561. The van der Waals surface area contributed by atoms with Crippen LogP contribution in [0, 0.1) is 6.92 Å². The van der Waals surface area contributed by atoms with Crippen LogP contribution in [0.5, 0.6) is 0 Å². The first-order valence-corrected chi connectivity index (χ1v) is 8.77. The van der Waals surface area contributed by atoms with Crippen LogP contribution in [0.2, 0.25) is 0 Å². The van der Waals surface area contributed by atoms with E-state index in [-0.39, 0.29) is 5.91 Å². The zero-order chi connectivity index (χ0) is 16.9. The minimum atomic E-state index is -0.0903. The molecule has 1 aliphatic heterocycles. The molecule has 1 amide bonds. The quantitative estimate of drug-likeness (QED) is 0.906. The molecule has 4 heteroatoms. The first kappa shape index (κ1) is 16.8. The van der Waals surface area contributed by atoms with Gasteiger partial charge in [0.1, 0.15) is 5.76 Å². The Balaban J connectivity index is 1.53. The number of amides is 1. The van der Waals surface area contributed by atoms with Crippen molar-refractivity contribution in [3.8, 4) is 0 Å². The van der Waals surface area contributed by atoms with Crippen molar-refractivity contribution in [2.24, 2.45) is 0 Å². The van der Waals surface area contributed by atoms with E-state index in [4.69, 9.17) is 4.42 Å². The molecule has 2 aromatic rings. The van der Waals surface area contributed by atoms with Gasteiger partial charge < -0.3 is 9.73 Å². The average molecular weight is 326 g/mol. The molecular weight excluding hydrogens is 300 g/mol. The lowest BCUT2D eigenvalue weighted by Crippen LogP contribution is -2.36. The van der Waals surface area contributed by atoms with Crippen LogP contribution in [0.4, 0.5) is 0 Å². The number of furan rings is 1. The molecule has 0 bridgehead atoms. The van der Waals surface area contributed by atoms with E-state index in [0.717, 1.165) is 12.1 Å². The Hall–Kier alpha value is -2.07. The van der Waals surface area contributed by atoms with E-state index < -0.39 is 0 Å². The van der Waals surface area contributed by atoms with Gasteiger partial charge in [0, 0.05) is 19.1 Å². The normalized spacial score (nSPS) is 18.5. The van der Waals surface area contributed by atoms with Gasteiger partial charge in [0.25, 0.3) is 5.91 Å². The van der Waals surface area contributed by atoms with Crippen LogP contribution in [0.25, 0.3) is 0 Å². The van der Waals surface area contributed by atoms with E-state index in [0.29, 0.717) is 23.9 Å². The maximum atomic E-state index is 12.1. The summed E-state index contributed by atoms with van der Waals surface area (Å²) in [6.45, 7) is 6.86. The number of carbonyl (C=O) groups is 1. The fourth-order valence-electron chi connectivity index (χ4n) is 3.29. The van der Waals surface area contributed by atoms with E-state index in [1.807, 2.05) is 0 Å². The standard InChI is InChI=1S/C20H26N2O2/c1-15-5-3-4-11-22(15)14-18-8-6-17(7-9-18)13-21-20(23)19-10-12-24-16(19)2/h6-10,12,15H,3-5,11,13-14H2,1-2H3,(H,21,23). The topological polar surface area (TPSA) is 45.5 Å². The summed E-state index contributed by atoms with van der Waals surface area (Å²) in [5.41, 5.74) is 3.05. The number of carbonyl (C=O) groups excluding carboxylic acids is 1. The maximum absolute atomic E-state index is 12.1. The molecule has 1 aromatic carbocycles. The Labute approximate surface area is 143 Å². The van der Waals surface area contributed by atoms with Crippen LogP contribution in [0.1, 0.15) is 53.4 Å². The van der Waals surface area contributed by atoms with E-state index in [9.17, 15) is 4.79 Å². The number of nitrogens with zero attached hydrogens (tertiary/aromatic N) is 1. The monoisotopic (exact) mass is 326 g/mol. The summed E-state index contributed by atoms with van der Waals surface area (Å²) < 4.78 is 5.17. The van der Waals surface area contributed by atoms with Crippen LogP contribution in [-0.4, -0.2) is 23.4 Å². The summed E-state index contributed by atoms with van der Waals surface area (Å²) in [4.78, 5) is 14.6. The number of hydrogen-bond donors (Lipinski definition) is 1. The van der Waals surface area contributed by atoms with Crippen molar-refractivity contribution in [2.75, 3.05) is 6.54 Å². The third-order valence-corrected chi connectivity index (χ3v) is 4.91. The van der Waals surface area contributed by atoms with Crippen LogP contribution in [-0.2, 0) is 13.1 Å². The molecule has 4 nitrogen and oxygen atoms in total. The van der Waals surface area contributed by atoms with Gasteiger partial charge in [0.2, 0.25) is 0 Å². The van der Waals surface area contributed by atoms with E-state index in [1.165, 1.54) is 31.4 Å². The first-order chi connectivity index (χ1) is 11.6. The molecule has 1 saturated heterocycles. The Bertz CT molecular complexity index is 675. The SMILES string of the molecule is Cc1occc1C(=O)NCc1ccc(CN2CCCCC2C)cc1. The highest BCUT2D eigenvalue weighted by molar-refractivity contribution is 5.94. The van der Waals surface area contributed by atoms with E-state index in [1.54, 1.807) is 19.3 Å². The first-order valence-electron chi connectivity index (χ1n) is 8.77. The molecule has 1 aliphatic rings. The van der Waals surface area contributed by atoms with Gasteiger partial charge in [-0.3, -0.25) is 9.69 Å². The average Bonchev–Trinajstić information content (AvgIpc) is 3.02. The minimum absolute atomic E-state index is 0.0903. The van der Waals surface area contributed by atoms with Gasteiger partial charge in [-0.25, -0.2) is 0 Å². The van der Waals surface area contributed by atoms with Crippen molar-refractivity contribution in [2.45, 2.75) is 52.2 Å². The fraction of sp³-hybridized carbons (Fsp3) is 0.450. The number of rotatable bonds is 5. The van der Waals surface area contributed by atoms with Crippen molar-refractivity contribution >= 4 is 5.91 Å². The molecular formula is C20H26N2O2. The number of piperidine rings is 1. The van der Waals surface area contributed by atoms with Gasteiger partial charge in [-0.1, -0.05) is 30.7 Å². The summed E-state index contributed by atoms with van der Waals surface area (Å²) >= 11 is 0. The molecule has 1 N–H and O–H groups in total. The molecule has 2 heterocycles. The molecule has 1 unspecified atom stereocenters. The van der Waals surface area contributed by atoms with Gasteiger partial charge in [-0.15, -0.1) is 0 Å². The summed E-state index contributed by atoms with van der Waals surface area (Å²) in [6.07, 6.45) is 5.51. The molecule has 0 aliphatic carbocycles. The van der Waals surface area contributed by atoms with Crippen molar-refractivity contribution in [1.29, 1.82) is 0 Å². The molecule has 1 aromatic heterocycles. The second-order valence-electron chi connectivity index (χ2n) is 6.70. The molecule has 24 heavy (non-hydrogen) atoms. The Morgan fingerprint density at radius 1 is 1.21 bits per heavy atom. The van der Waals surface area contributed by atoms with Crippen molar-refractivity contribution in [3.63, 3.8) is 0 Å². The van der Waals surface area contributed by atoms with Gasteiger partial charge in [-0.05, 0) is 50.4 Å². The Kier molecular flexibility index (Phi) is 5.36. The molecule has 0 saturated carbocycles. The van der Waals surface area contributed by atoms with Crippen molar-refractivity contribution < 1.29 is 9.21 Å². The van der Waals surface area contributed by atoms with Gasteiger partial charge in [0.05, 0.1) is 11.8 Å². The summed E-state index contributed by atoms with van der Waals surface area (Å²) in [7, 11) is 0. The van der Waals surface area contributed by atoms with E-state index in [2.05, 4.69) is 41.4 Å². The highest BCUT2D eigenvalue weighted by Gasteiger charge is 2.18. The Morgan fingerprint density at radius 3 is 2.62 bits per heavy atom. The van der Waals surface area contributed by atoms with Crippen LogP contribution in [0.3, 0.4) is 0 Å². The van der Waals surface area contributed by atoms with Gasteiger partial charge in [0.15, 0.2) is 0 Å². The highest BCUT2D eigenvalue weighted by atomic mass is 16.3. The number of benzene rings is 1. The lowest BCUT2D eigenvalue weighted by atomic mass is 10.0. The predicted octanol–water partition coefficient (Wildman–Crippen LogP) is 3.89. The fourth-order valence-corrected chi connectivity index (χ4v) is 3.29. The molecule has 0 radical (unpaired) electrons. The second kappa shape index (κ2) is 7.67. The van der Waals surface area contributed by atoms with Crippen LogP contribution < -0.4 is 5.32 Å². The largest absolute Gasteiger partial charge is 0.469 e. The number of nitrogens with one attached hydrogen (secondary N) is 1. The number of hydrogen-bond acceptors (Lipinski definition) is 3. The lowest BCUT2D eigenvalue weighted by molar-refractivity contribution is 0.0949. The summed E-state index contributed by atoms with van der Waals surface area (Å²) in [5, 5.41) is 2.94. The third kappa shape index (κ3) is 4.06.